The van der Waals surface area contributed by atoms with E-state index >= 15 is 0 Å². The molecule has 2 N–H and O–H groups in total. The molecule has 3 nitrogen and oxygen atoms in total. The predicted octanol–water partition coefficient (Wildman–Crippen LogP) is 3.55. The molecule has 2 rings (SSSR count). The lowest BCUT2D eigenvalue weighted by molar-refractivity contribution is -0.137. The molecule has 1 fully saturated rings. The molecule has 0 atom stereocenters. The number of alkyl halides is 3. The summed E-state index contributed by atoms with van der Waals surface area (Å²) in [6, 6.07) is 3.04. The van der Waals surface area contributed by atoms with Gasteiger partial charge in [0.15, 0.2) is 0 Å². The van der Waals surface area contributed by atoms with Crippen molar-refractivity contribution in [2.45, 2.75) is 38.9 Å². The van der Waals surface area contributed by atoms with Crippen LogP contribution in [0.4, 0.5) is 18.9 Å². The number of benzene rings is 1. The molecule has 0 spiro atoms. The average Bonchev–Trinajstić information content (AvgIpc) is 3.18. The summed E-state index contributed by atoms with van der Waals surface area (Å²) < 4.78 is 38.3. The van der Waals surface area contributed by atoms with Crippen LogP contribution in [0, 0.1) is 5.92 Å². The molecule has 116 valence electrons. The van der Waals surface area contributed by atoms with Crippen molar-refractivity contribution in [3.63, 3.8) is 0 Å². The molecule has 0 heterocycles. The zero-order valence-corrected chi connectivity index (χ0v) is 12.1. The van der Waals surface area contributed by atoms with Gasteiger partial charge in [-0.05, 0) is 37.0 Å². The van der Waals surface area contributed by atoms with Crippen molar-refractivity contribution in [1.29, 1.82) is 0 Å². The summed E-state index contributed by atoms with van der Waals surface area (Å²) in [5.41, 5.74) is 4.89. The van der Waals surface area contributed by atoms with E-state index in [9.17, 15) is 18.0 Å². The van der Waals surface area contributed by atoms with E-state index in [2.05, 4.69) is 0 Å². The van der Waals surface area contributed by atoms with Crippen molar-refractivity contribution >= 4 is 11.6 Å². The highest BCUT2D eigenvalue weighted by Gasteiger charge is 2.36. The molecular weight excluding hydrogens is 281 g/mol. The van der Waals surface area contributed by atoms with Crippen LogP contribution < -0.4 is 5.73 Å². The van der Waals surface area contributed by atoms with Crippen LogP contribution in [0.15, 0.2) is 18.2 Å². The molecular formula is C15H19F3N2O. The minimum Gasteiger partial charge on any atom is -0.398 e. The molecule has 6 heteroatoms. The Hall–Kier alpha value is -1.72. The number of carbonyl (C=O) groups is 1. The number of anilines is 1. The fourth-order valence-corrected chi connectivity index (χ4v) is 2.25. The molecule has 1 amide bonds. The molecule has 0 saturated heterocycles. The topological polar surface area (TPSA) is 46.3 Å². The number of rotatable bonds is 4. The fraction of sp³-hybridized carbons (Fsp3) is 0.533. The number of nitrogens with zero attached hydrogens (tertiary/aromatic N) is 1. The number of nitrogens with two attached hydrogens (primary N) is 1. The Labute approximate surface area is 121 Å². The largest absolute Gasteiger partial charge is 0.416 e. The standard InChI is InChI=1S/C15H19F3N2O/c1-9(2)8-20(11-4-5-11)14(21)12-7-10(15(16,17)18)3-6-13(12)19/h3,6-7,9,11H,4-5,8,19H2,1-2H3. The van der Waals surface area contributed by atoms with Gasteiger partial charge in [-0.15, -0.1) is 0 Å². The number of hydrogen-bond donors (Lipinski definition) is 1. The summed E-state index contributed by atoms with van der Waals surface area (Å²) in [5, 5.41) is 0. The number of amides is 1. The number of nitrogen functional groups attached to an aromatic ring is 1. The van der Waals surface area contributed by atoms with Crippen LogP contribution in [-0.4, -0.2) is 23.4 Å². The van der Waals surface area contributed by atoms with Gasteiger partial charge in [-0.25, -0.2) is 0 Å². The third-order valence-electron chi connectivity index (χ3n) is 3.42. The maximum Gasteiger partial charge on any atom is 0.416 e. The maximum absolute atomic E-state index is 12.8. The van der Waals surface area contributed by atoms with Crippen molar-refractivity contribution in [3.8, 4) is 0 Å². The first-order chi connectivity index (χ1) is 9.70. The second-order valence-corrected chi connectivity index (χ2v) is 5.88. The first kappa shape index (κ1) is 15.7. The first-order valence-electron chi connectivity index (χ1n) is 6.98. The zero-order chi connectivity index (χ0) is 15.8. The number of halogens is 3. The molecule has 21 heavy (non-hydrogen) atoms. The highest BCUT2D eigenvalue weighted by atomic mass is 19.4. The van der Waals surface area contributed by atoms with E-state index in [0.29, 0.717) is 6.54 Å². The minimum absolute atomic E-state index is 0.0580. The van der Waals surface area contributed by atoms with E-state index in [-0.39, 0.29) is 23.2 Å². The van der Waals surface area contributed by atoms with Crippen LogP contribution in [0.1, 0.15) is 42.6 Å². The van der Waals surface area contributed by atoms with Gasteiger partial charge in [0, 0.05) is 18.3 Å². The molecule has 1 aromatic rings. The Kier molecular flexibility index (Phi) is 4.16. The summed E-state index contributed by atoms with van der Waals surface area (Å²) in [6.07, 6.45) is -2.68. The molecule has 0 unspecified atom stereocenters. The van der Waals surface area contributed by atoms with Gasteiger partial charge in [0.1, 0.15) is 0 Å². The van der Waals surface area contributed by atoms with Gasteiger partial charge in [-0.2, -0.15) is 13.2 Å². The Bertz CT molecular complexity index is 536. The summed E-state index contributed by atoms with van der Waals surface area (Å²) >= 11 is 0. The van der Waals surface area contributed by atoms with Gasteiger partial charge >= 0.3 is 6.18 Å². The van der Waals surface area contributed by atoms with Crippen molar-refractivity contribution in [1.82, 2.24) is 4.90 Å². The molecule has 0 radical (unpaired) electrons. The normalized spacial score (nSPS) is 15.3. The molecule has 1 aliphatic rings. The summed E-state index contributed by atoms with van der Waals surface area (Å²) in [7, 11) is 0. The Morgan fingerprint density at radius 2 is 2.00 bits per heavy atom. The monoisotopic (exact) mass is 300 g/mol. The Morgan fingerprint density at radius 3 is 2.48 bits per heavy atom. The lowest BCUT2D eigenvalue weighted by Crippen LogP contribution is -2.36. The van der Waals surface area contributed by atoms with Gasteiger partial charge < -0.3 is 10.6 Å². The fourth-order valence-electron chi connectivity index (χ4n) is 2.25. The first-order valence-corrected chi connectivity index (χ1v) is 6.98. The van der Waals surface area contributed by atoms with E-state index in [0.717, 1.165) is 31.0 Å². The van der Waals surface area contributed by atoms with Crippen molar-refractivity contribution < 1.29 is 18.0 Å². The van der Waals surface area contributed by atoms with Crippen LogP contribution in [0.5, 0.6) is 0 Å². The maximum atomic E-state index is 12.8. The van der Waals surface area contributed by atoms with Crippen LogP contribution >= 0.6 is 0 Å². The van der Waals surface area contributed by atoms with Crippen LogP contribution in [0.3, 0.4) is 0 Å². The third kappa shape index (κ3) is 3.68. The Morgan fingerprint density at radius 1 is 1.38 bits per heavy atom. The third-order valence-corrected chi connectivity index (χ3v) is 3.42. The van der Waals surface area contributed by atoms with Crippen molar-refractivity contribution in [2.75, 3.05) is 12.3 Å². The van der Waals surface area contributed by atoms with Gasteiger partial charge in [-0.1, -0.05) is 13.8 Å². The van der Waals surface area contributed by atoms with Gasteiger partial charge in [0.25, 0.3) is 5.91 Å². The van der Waals surface area contributed by atoms with Crippen molar-refractivity contribution in [2.24, 2.45) is 5.92 Å². The smallest absolute Gasteiger partial charge is 0.398 e. The van der Waals surface area contributed by atoms with Crippen molar-refractivity contribution in [3.05, 3.63) is 29.3 Å². The van der Waals surface area contributed by atoms with Crippen LogP contribution in [0.25, 0.3) is 0 Å². The highest BCUT2D eigenvalue weighted by molar-refractivity contribution is 5.99. The number of hydrogen-bond acceptors (Lipinski definition) is 2. The lowest BCUT2D eigenvalue weighted by atomic mass is 10.1. The highest BCUT2D eigenvalue weighted by Crippen LogP contribution is 2.34. The summed E-state index contributed by atoms with van der Waals surface area (Å²) in [4.78, 5) is 14.2. The average molecular weight is 300 g/mol. The molecule has 0 bridgehead atoms. The zero-order valence-electron chi connectivity index (χ0n) is 12.1. The quantitative estimate of drug-likeness (QED) is 0.864. The Balaban J connectivity index is 2.32. The predicted molar refractivity (Wildman–Crippen MR) is 74.8 cm³/mol. The SMILES string of the molecule is CC(C)CN(C(=O)c1cc(C(F)(F)F)ccc1N)C1CC1. The minimum atomic E-state index is -4.48. The second kappa shape index (κ2) is 5.58. The molecule has 1 aromatic carbocycles. The second-order valence-electron chi connectivity index (χ2n) is 5.88. The van der Waals surface area contributed by atoms with Crippen LogP contribution in [-0.2, 0) is 6.18 Å². The van der Waals surface area contributed by atoms with E-state index in [1.165, 1.54) is 0 Å². The van der Waals surface area contributed by atoms with E-state index < -0.39 is 17.6 Å². The van der Waals surface area contributed by atoms with E-state index in [1.807, 2.05) is 13.8 Å². The van der Waals surface area contributed by atoms with Gasteiger partial charge in [0.2, 0.25) is 0 Å². The van der Waals surface area contributed by atoms with E-state index in [4.69, 9.17) is 5.73 Å². The molecule has 0 aromatic heterocycles. The summed E-state index contributed by atoms with van der Waals surface area (Å²) in [6.45, 7) is 4.47. The summed E-state index contributed by atoms with van der Waals surface area (Å²) in [5.74, 6) is -0.156. The van der Waals surface area contributed by atoms with Gasteiger partial charge in [0.05, 0.1) is 11.1 Å². The molecule has 1 aliphatic carbocycles. The van der Waals surface area contributed by atoms with E-state index in [1.54, 1.807) is 4.90 Å². The lowest BCUT2D eigenvalue weighted by Gasteiger charge is -2.25. The van der Waals surface area contributed by atoms with Crippen LogP contribution in [0.2, 0.25) is 0 Å². The number of carbonyl (C=O) groups excluding carboxylic acids is 1. The van der Waals surface area contributed by atoms with Gasteiger partial charge in [-0.3, -0.25) is 4.79 Å². The molecule has 1 saturated carbocycles. The molecule has 0 aliphatic heterocycles.